The van der Waals surface area contributed by atoms with Crippen molar-refractivity contribution in [3.8, 4) is 0 Å². The lowest BCUT2D eigenvalue weighted by atomic mass is 10.2. The normalized spacial score (nSPS) is 14.9. The number of hydrogen-bond acceptors (Lipinski definition) is 5. The minimum Gasteiger partial charge on any atom is -0.444 e. The number of thiazole rings is 1. The third-order valence-electron chi connectivity index (χ3n) is 2.25. The van der Waals surface area contributed by atoms with Gasteiger partial charge in [0.2, 0.25) is 0 Å². The quantitative estimate of drug-likeness (QED) is 0.892. The summed E-state index contributed by atoms with van der Waals surface area (Å²) in [5.41, 5.74) is -0.562. The van der Waals surface area contributed by atoms with Crippen molar-refractivity contribution in [3.63, 3.8) is 0 Å². The summed E-state index contributed by atoms with van der Waals surface area (Å²) in [6.07, 6.45) is 2.95. The fourth-order valence-electron chi connectivity index (χ4n) is 1.31. The Morgan fingerprint density at radius 3 is 2.68 bits per heavy atom. The first-order chi connectivity index (χ1) is 8.83. The van der Waals surface area contributed by atoms with Gasteiger partial charge in [-0.25, -0.2) is 9.78 Å². The van der Waals surface area contributed by atoms with E-state index in [0.717, 1.165) is 24.2 Å². The highest BCUT2D eigenvalue weighted by Crippen LogP contribution is 2.22. The van der Waals surface area contributed by atoms with Crippen molar-refractivity contribution in [1.82, 2.24) is 10.3 Å². The van der Waals surface area contributed by atoms with Crippen LogP contribution in [0.3, 0.4) is 0 Å². The predicted molar refractivity (Wildman–Crippen MR) is 72.5 cm³/mol. The minimum atomic E-state index is -0.573. The highest BCUT2D eigenvalue weighted by molar-refractivity contribution is 7.17. The van der Waals surface area contributed by atoms with Gasteiger partial charge in [-0.3, -0.25) is 10.1 Å². The van der Waals surface area contributed by atoms with Gasteiger partial charge < -0.3 is 10.1 Å². The van der Waals surface area contributed by atoms with Crippen LogP contribution in [-0.2, 0) is 4.74 Å². The van der Waals surface area contributed by atoms with Gasteiger partial charge in [-0.2, -0.15) is 0 Å². The Morgan fingerprint density at radius 1 is 1.42 bits per heavy atom. The first-order valence-corrected chi connectivity index (χ1v) is 6.92. The molecule has 1 aliphatic rings. The Balaban J connectivity index is 1.89. The number of nitrogens with one attached hydrogen (secondary N) is 2. The maximum Gasteiger partial charge on any atom is 0.413 e. The molecule has 0 spiro atoms. The Bertz CT molecular complexity index is 489. The second kappa shape index (κ2) is 5.16. The van der Waals surface area contributed by atoms with Gasteiger partial charge in [-0.15, -0.1) is 0 Å². The van der Waals surface area contributed by atoms with Crippen LogP contribution in [0, 0.1) is 0 Å². The molecule has 2 rings (SSSR count). The van der Waals surface area contributed by atoms with E-state index in [1.165, 1.54) is 6.20 Å². The second-order valence-corrected chi connectivity index (χ2v) is 6.43. The molecule has 1 heterocycles. The third-order valence-corrected chi connectivity index (χ3v) is 3.16. The number of carbonyl (C=O) groups excluding carboxylic acids is 2. The number of anilines is 1. The van der Waals surface area contributed by atoms with Crippen molar-refractivity contribution in [1.29, 1.82) is 0 Å². The summed E-state index contributed by atoms with van der Waals surface area (Å²) in [7, 11) is 0. The summed E-state index contributed by atoms with van der Waals surface area (Å²) in [5.74, 6) is -0.141. The molecule has 0 radical (unpaired) electrons. The van der Waals surface area contributed by atoms with E-state index in [1.807, 2.05) is 0 Å². The molecule has 1 aromatic rings. The van der Waals surface area contributed by atoms with Gasteiger partial charge in [-0.05, 0) is 33.6 Å². The molecule has 0 unspecified atom stereocenters. The molecule has 104 valence electrons. The topological polar surface area (TPSA) is 80.3 Å². The summed E-state index contributed by atoms with van der Waals surface area (Å²) in [6.45, 7) is 5.34. The van der Waals surface area contributed by atoms with Gasteiger partial charge in [0.1, 0.15) is 10.5 Å². The molecule has 7 heteroatoms. The molecule has 1 fully saturated rings. The third kappa shape index (κ3) is 4.51. The number of ether oxygens (including phenoxy) is 1. The van der Waals surface area contributed by atoms with Crippen molar-refractivity contribution < 1.29 is 14.3 Å². The summed E-state index contributed by atoms with van der Waals surface area (Å²) in [4.78, 5) is 27.7. The van der Waals surface area contributed by atoms with E-state index >= 15 is 0 Å². The van der Waals surface area contributed by atoms with Crippen LogP contribution in [0.4, 0.5) is 9.93 Å². The smallest absolute Gasteiger partial charge is 0.413 e. The molecule has 0 bridgehead atoms. The van der Waals surface area contributed by atoms with Crippen LogP contribution in [0.25, 0.3) is 0 Å². The standard InChI is InChI=1S/C12H17N3O3S/c1-12(2,3)18-11(17)15-10-13-6-8(19-10)9(16)14-7-4-5-7/h6-7H,4-5H2,1-3H3,(H,14,16)(H,13,15,17). The van der Waals surface area contributed by atoms with Gasteiger partial charge in [-0.1, -0.05) is 11.3 Å². The molecule has 1 aliphatic carbocycles. The van der Waals surface area contributed by atoms with Crippen molar-refractivity contribution in [3.05, 3.63) is 11.1 Å². The van der Waals surface area contributed by atoms with Crippen LogP contribution in [0.15, 0.2) is 6.20 Å². The van der Waals surface area contributed by atoms with E-state index < -0.39 is 11.7 Å². The maximum atomic E-state index is 11.7. The van der Waals surface area contributed by atoms with Crippen LogP contribution in [-0.4, -0.2) is 28.6 Å². The van der Waals surface area contributed by atoms with Gasteiger partial charge >= 0.3 is 6.09 Å². The summed E-state index contributed by atoms with van der Waals surface area (Å²) in [5, 5.41) is 5.73. The Labute approximate surface area is 115 Å². The zero-order valence-corrected chi connectivity index (χ0v) is 12.0. The van der Waals surface area contributed by atoms with Gasteiger partial charge in [0.25, 0.3) is 5.91 Å². The first-order valence-electron chi connectivity index (χ1n) is 6.10. The second-order valence-electron chi connectivity index (χ2n) is 5.40. The molecular formula is C12H17N3O3S. The summed E-state index contributed by atoms with van der Waals surface area (Å²) in [6, 6.07) is 0.303. The average Bonchev–Trinajstić information content (AvgIpc) is 2.93. The van der Waals surface area contributed by atoms with Crippen LogP contribution in [0.5, 0.6) is 0 Å². The molecule has 2 N–H and O–H groups in total. The Morgan fingerprint density at radius 2 is 2.11 bits per heavy atom. The minimum absolute atomic E-state index is 0.141. The number of carbonyl (C=O) groups is 2. The zero-order chi connectivity index (χ0) is 14.0. The molecular weight excluding hydrogens is 266 g/mol. The van der Waals surface area contributed by atoms with Gasteiger partial charge in [0.05, 0.1) is 6.20 Å². The zero-order valence-electron chi connectivity index (χ0n) is 11.1. The molecule has 2 amide bonds. The fourth-order valence-corrected chi connectivity index (χ4v) is 2.02. The molecule has 19 heavy (non-hydrogen) atoms. The molecule has 6 nitrogen and oxygen atoms in total. The van der Waals surface area contributed by atoms with E-state index in [2.05, 4.69) is 15.6 Å². The molecule has 0 atom stereocenters. The Kier molecular flexibility index (Phi) is 3.75. The monoisotopic (exact) mass is 283 g/mol. The molecule has 1 aromatic heterocycles. The van der Waals surface area contributed by atoms with Crippen molar-refractivity contribution >= 4 is 28.5 Å². The van der Waals surface area contributed by atoms with Crippen LogP contribution < -0.4 is 10.6 Å². The number of hydrogen-bond donors (Lipinski definition) is 2. The van der Waals surface area contributed by atoms with Crippen molar-refractivity contribution in [2.24, 2.45) is 0 Å². The largest absolute Gasteiger partial charge is 0.444 e. The van der Waals surface area contributed by atoms with Crippen LogP contribution in [0.2, 0.25) is 0 Å². The lowest BCUT2D eigenvalue weighted by Crippen LogP contribution is -2.27. The van der Waals surface area contributed by atoms with Crippen molar-refractivity contribution in [2.45, 2.75) is 45.3 Å². The SMILES string of the molecule is CC(C)(C)OC(=O)Nc1ncc(C(=O)NC2CC2)s1. The van der Waals surface area contributed by atoms with Gasteiger partial charge in [0, 0.05) is 6.04 Å². The average molecular weight is 283 g/mol. The molecule has 0 saturated heterocycles. The number of nitrogens with zero attached hydrogens (tertiary/aromatic N) is 1. The number of aromatic nitrogens is 1. The molecule has 1 saturated carbocycles. The highest BCUT2D eigenvalue weighted by atomic mass is 32.1. The van der Waals surface area contributed by atoms with Crippen molar-refractivity contribution in [2.75, 3.05) is 5.32 Å². The lowest BCUT2D eigenvalue weighted by molar-refractivity contribution is 0.0635. The number of amides is 2. The first kappa shape index (κ1) is 13.8. The fraction of sp³-hybridized carbons (Fsp3) is 0.583. The Hall–Kier alpha value is -1.63. The lowest BCUT2D eigenvalue weighted by Gasteiger charge is -2.18. The van der Waals surface area contributed by atoms with Crippen LogP contribution >= 0.6 is 11.3 Å². The summed E-state index contributed by atoms with van der Waals surface area (Å²) >= 11 is 1.13. The predicted octanol–water partition coefficient (Wildman–Crippen LogP) is 2.38. The van der Waals surface area contributed by atoms with E-state index in [1.54, 1.807) is 20.8 Å². The summed E-state index contributed by atoms with van der Waals surface area (Å²) < 4.78 is 5.10. The highest BCUT2D eigenvalue weighted by Gasteiger charge is 2.25. The maximum absolute atomic E-state index is 11.7. The molecule has 0 aromatic carbocycles. The van der Waals surface area contributed by atoms with Gasteiger partial charge in [0.15, 0.2) is 5.13 Å². The van der Waals surface area contributed by atoms with Crippen LogP contribution in [0.1, 0.15) is 43.3 Å². The van der Waals surface area contributed by atoms with E-state index in [0.29, 0.717) is 16.1 Å². The van der Waals surface area contributed by atoms with E-state index in [4.69, 9.17) is 4.74 Å². The van der Waals surface area contributed by atoms with E-state index in [9.17, 15) is 9.59 Å². The van der Waals surface area contributed by atoms with E-state index in [-0.39, 0.29) is 5.91 Å². The number of rotatable bonds is 3. The molecule has 0 aliphatic heterocycles.